The van der Waals surface area contributed by atoms with E-state index in [1.54, 1.807) is 0 Å². The van der Waals surface area contributed by atoms with Gasteiger partial charge < -0.3 is 16.0 Å². The Morgan fingerprint density at radius 3 is 2.78 bits per heavy atom. The zero-order valence-electron chi connectivity index (χ0n) is 13.5. The van der Waals surface area contributed by atoms with E-state index in [2.05, 4.69) is 35.3 Å². The fourth-order valence-electron chi connectivity index (χ4n) is 3.03. The molecule has 0 aromatic heterocycles. The fourth-order valence-corrected chi connectivity index (χ4v) is 3.03. The highest BCUT2D eigenvalue weighted by atomic mass is 16.2. The zero-order chi connectivity index (χ0) is 16.2. The van der Waals surface area contributed by atoms with Gasteiger partial charge in [0.15, 0.2) is 0 Å². The lowest BCUT2D eigenvalue weighted by Crippen LogP contribution is -2.39. The highest BCUT2D eigenvalue weighted by molar-refractivity contribution is 5.82. The van der Waals surface area contributed by atoms with E-state index < -0.39 is 0 Å². The second-order valence-electron chi connectivity index (χ2n) is 6.13. The summed E-state index contributed by atoms with van der Waals surface area (Å²) in [6.45, 7) is 3.90. The van der Waals surface area contributed by atoms with Crippen LogP contribution in [0.4, 0.5) is 11.4 Å². The van der Waals surface area contributed by atoms with Crippen LogP contribution < -0.4 is 16.0 Å². The molecule has 0 saturated carbocycles. The summed E-state index contributed by atoms with van der Waals surface area (Å²) in [5.74, 6) is 0.0425. The summed E-state index contributed by atoms with van der Waals surface area (Å²) in [6.07, 6.45) is 2.02. The van der Waals surface area contributed by atoms with E-state index in [0.717, 1.165) is 36.3 Å². The van der Waals surface area contributed by atoms with Gasteiger partial charge in [0.2, 0.25) is 5.91 Å². The summed E-state index contributed by atoms with van der Waals surface area (Å²) in [7, 11) is 0. The van der Waals surface area contributed by atoms with Crippen LogP contribution in [0.15, 0.2) is 42.5 Å². The molecule has 120 valence electrons. The number of amides is 1. The van der Waals surface area contributed by atoms with Crippen molar-refractivity contribution in [3.8, 4) is 0 Å². The van der Waals surface area contributed by atoms with Crippen LogP contribution in [0.3, 0.4) is 0 Å². The molecule has 0 spiro atoms. The first-order chi connectivity index (χ1) is 11.1. The summed E-state index contributed by atoms with van der Waals surface area (Å²) >= 11 is 0. The molecule has 0 aliphatic carbocycles. The number of aryl methyl sites for hydroxylation is 1. The van der Waals surface area contributed by atoms with Gasteiger partial charge in [0, 0.05) is 24.5 Å². The zero-order valence-corrected chi connectivity index (χ0v) is 13.5. The number of nitrogens with one attached hydrogen (secondary N) is 1. The van der Waals surface area contributed by atoms with Crippen LogP contribution in [0.1, 0.15) is 23.1 Å². The molecule has 0 fully saturated rings. The summed E-state index contributed by atoms with van der Waals surface area (Å²) in [4.78, 5) is 14.4. The average molecular weight is 309 g/mol. The summed E-state index contributed by atoms with van der Waals surface area (Å²) < 4.78 is 0. The molecule has 3 rings (SSSR count). The molecule has 4 heteroatoms. The van der Waals surface area contributed by atoms with Gasteiger partial charge in [-0.25, -0.2) is 0 Å². The minimum absolute atomic E-state index is 0.0425. The predicted octanol–water partition coefficient (Wildman–Crippen LogP) is 2.65. The Bertz CT molecular complexity index is 694. The number of carbonyl (C=O) groups is 1. The molecule has 1 heterocycles. The van der Waals surface area contributed by atoms with Gasteiger partial charge in [-0.15, -0.1) is 0 Å². The molecule has 4 nitrogen and oxygen atoms in total. The maximum absolute atomic E-state index is 12.3. The van der Waals surface area contributed by atoms with Crippen LogP contribution >= 0.6 is 0 Å². The van der Waals surface area contributed by atoms with Crippen molar-refractivity contribution in [2.45, 2.75) is 26.3 Å². The average Bonchev–Trinajstić information content (AvgIpc) is 2.55. The van der Waals surface area contributed by atoms with Crippen molar-refractivity contribution in [2.24, 2.45) is 0 Å². The van der Waals surface area contributed by atoms with Crippen molar-refractivity contribution < 1.29 is 4.79 Å². The van der Waals surface area contributed by atoms with Gasteiger partial charge in [0.05, 0.1) is 6.54 Å². The number of nitrogen functional groups attached to an aromatic ring is 1. The third-order valence-corrected chi connectivity index (χ3v) is 4.33. The van der Waals surface area contributed by atoms with Crippen LogP contribution in [0.25, 0.3) is 0 Å². The van der Waals surface area contributed by atoms with E-state index in [-0.39, 0.29) is 5.91 Å². The van der Waals surface area contributed by atoms with E-state index in [0.29, 0.717) is 13.1 Å². The Kier molecular flexibility index (Phi) is 4.51. The van der Waals surface area contributed by atoms with E-state index in [4.69, 9.17) is 5.73 Å². The Balaban J connectivity index is 1.61. The molecule has 1 amide bonds. The molecule has 0 unspecified atom stereocenters. The van der Waals surface area contributed by atoms with E-state index in [1.165, 1.54) is 11.1 Å². The molecule has 2 aromatic rings. The van der Waals surface area contributed by atoms with Gasteiger partial charge in [-0.05, 0) is 43.0 Å². The molecule has 23 heavy (non-hydrogen) atoms. The molecule has 2 aromatic carbocycles. The number of rotatable bonds is 4. The number of benzene rings is 2. The molecule has 0 radical (unpaired) electrons. The minimum Gasteiger partial charge on any atom is -0.398 e. The minimum atomic E-state index is 0.0425. The lowest BCUT2D eigenvalue weighted by Gasteiger charge is -2.31. The molecule has 1 aliphatic rings. The van der Waals surface area contributed by atoms with Crippen LogP contribution in [0, 0.1) is 6.92 Å². The van der Waals surface area contributed by atoms with Crippen molar-refractivity contribution >= 4 is 17.3 Å². The Morgan fingerprint density at radius 2 is 2.00 bits per heavy atom. The molecule has 0 atom stereocenters. The van der Waals surface area contributed by atoms with Gasteiger partial charge in [0.25, 0.3) is 0 Å². The van der Waals surface area contributed by atoms with Crippen molar-refractivity contribution in [1.29, 1.82) is 0 Å². The largest absolute Gasteiger partial charge is 0.398 e. The lowest BCUT2D eigenvalue weighted by atomic mass is 10.00. The molecule has 0 bridgehead atoms. The number of fused-ring (bicyclic) bond motifs is 1. The molecule has 1 aliphatic heterocycles. The van der Waals surface area contributed by atoms with Crippen molar-refractivity contribution in [3.63, 3.8) is 0 Å². The van der Waals surface area contributed by atoms with Gasteiger partial charge in [0.1, 0.15) is 0 Å². The quantitative estimate of drug-likeness (QED) is 0.854. The standard InChI is InChI=1S/C19H23N3O/c1-14-7-9-15(10-8-14)12-21-19(23)13-22-11-3-4-16-17(20)5-2-6-18(16)22/h2,5-10H,3-4,11-13,20H2,1H3,(H,21,23). The molecular weight excluding hydrogens is 286 g/mol. The number of hydrogen-bond donors (Lipinski definition) is 2. The topological polar surface area (TPSA) is 58.4 Å². The van der Waals surface area contributed by atoms with Crippen molar-refractivity contribution in [3.05, 3.63) is 59.2 Å². The molecular formula is C19H23N3O. The smallest absolute Gasteiger partial charge is 0.239 e. The third-order valence-electron chi connectivity index (χ3n) is 4.33. The number of anilines is 2. The predicted molar refractivity (Wildman–Crippen MR) is 94.4 cm³/mol. The number of nitrogens with two attached hydrogens (primary N) is 1. The van der Waals surface area contributed by atoms with Gasteiger partial charge in [-0.1, -0.05) is 35.9 Å². The SMILES string of the molecule is Cc1ccc(CNC(=O)CN2CCCc3c(N)cccc32)cc1. The lowest BCUT2D eigenvalue weighted by molar-refractivity contribution is -0.119. The normalized spacial score (nSPS) is 13.5. The van der Waals surface area contributed by atoms with Crippen LogP contribution in [-0.4, -0.2) is 19.0 Å². The first-order valence-corrected chi connectivity index (χ1v) is 8.08. The second-order valence-corrected chi connectivity index (χ2v) is 6.13. The molecule has 0 saturated heterocycles. The second kappa shape index (κ2) is 6.73. The number of hydrogen-bond acceptors (Lipinski definition) is 3. The highest BCUT2D eigenvalue weighted by Crippen LogP contribution is 2.30. The molecule has 3 N–H and O–H groups in total. The van der Waals surface area contributed by atoms with Crippen LogP contribution in [-0.2, 0) is 17.8 Å². The first kappa shape index (κ1) is 15.4. The monoisotopic (exact) mass is 309 g/mol. The van der Waals surface area contributed by atoms with Crippen LogP contribution in [0.2, 0.25) is 0 Å². The van der Waals surface area contributed by atoms with Gasteiger partial charge in [-0.2, -0.15) is 0 Å². The van der Waals surface area contributed by atoms with Crippen molar-refractivity contribution in [2.75, 3.05) is 23.7 Å². The Morgan fingerprint density at radius 1 is 1.22 bits per heavy atom. The van der Waals surface area contributed by atoms with E-state index in [9.17, 15) is 4.79 Å². The highest BCUT2D eigenvalue weighted by Gasteiger charge is 2.20. The number of nitrogens with zero attached hydrogens (tertiary/aromatic N) is 1. The Hall–Kier alpha value is -2.49. The Labute approximate surface area is 137 Å². The maximum Gasteiger partial charge on any atom is 0.239 e. The van der Waals surface area contributed by atoms with E-state index in [1.807, 2.05) is 24.3 Å². The van der Waals surface area contributed by atoms with E-state index >= 15 is 0 Å². The summed E-state index contributed by atoms with van der Waals surface area (Å²) in [6, 6.07) is 14.2. The fraction of sp³-hybridized carbons (Fsp3) is 0.316. The third kappa shape index (κ3) is 3.65. The summed E-state index contributed by atoms with van der Waals surface area (Å²) in [5, 5.41) is 3.00. The van der Waals surface area contributed by atoms with Crippen molar-refractivity contribution in [1.82, 2.24) is 5.32 Å². The van der Waals surface area contributed by atoms with Gasteiger partial charge >= 0.3 is 0 Å². The number of carbonyl (C=O) groups excluding carboxylic acids is 1. The summed E-state index contributed by atoms with van der Waals surface area (Å²) in [5.41, 5.74) is 11.5. The van der Waals surface area contributed by atoms with Crippen LogP contribution in [0.5, 0.6) is 0 Å². The van der Waals surface area contributed by atoms with Gasteiger partial charge in [-0.3, -0.25) is 4.79 Å². The first-order valence-electron chi connectivity index (χ1n) is 8.08. The maximum atomic E-state index is 12.3.